The maximum atomic E-state index is 6.51. The minimum Gasteiger partial charge on any atom is -0.321 e. The molecule has 1 atom stereocenters. The highest BCUT2D eigenvalue weighted by molar-refractivity contribution is 9.10. The van der Waals surface area contributed by atoms with Gasteiger partial charge in [0.25, 0.3) is 0 Å². The van der Waals surface area contributed by atoms with Gasteiger partial charge in [-0.2, -0.15) is 5.10 Å². The standard InChI is InChI=1S/C15H19BrClN3/c1-4-12-14(16)13(20(3)19-12)9-15(2,18)10-6-5-7-11(17)8-10/h5-8H,4,9,18H2,1-3H3. The first kappa shape index (κ1) is 15.5. The van der Waals surface area contributed by atoms with Gasteiger partial charge in [0.1, 0.15) is 0 Å². The molecule has 0 bridgehead atoms. The second kappa shape index (κ2) is 5.88. The molecule has 0 radical (unpaired) electrons. The largest absolute Gasteiger partial charge is 0.321 e. The van der Waals surface area contributed by atoms with Gasteiger partial charge in [-0.15, -0.1) is 0 Å². The molecule has 1 aromatic carbocycles. The summed E-state index contributed by atoms with van der Waals surface area (Å²) < 4.78 is 2.96. The van der Waals surface area contributed by atoms with Gasteiger partial charge in [-0.25, -0.2) is 0 Å². The maximum Gasteiger partial charge on any atom is 0.0766 e. The van der Waals surface area contributed by atoms with Crippen molar-refractivity contribution in [2.45, 2.75) is 32.2 Å². The first-order valence-electron chi connectivity index (χ1n) is 6.60. The third-order valence-electron chi connectivity index (χ3n) is 3.52. The Kier molecular flexibility index (Phi) is 4.57. The summed E-state index contributed by atoms with van der Waals surface area (Å²) >= 11 is 9.70. The lowest BCUT2D eigenvalue weighted by atomic mass is 9.88. The van der Waals surface area contributed by atoms with Crippen LogP contribution >= 0.6 is 27.5 Å². The molecule has 0 saturated heterocycles. The second-order valence-electron chi connectivity index (χ2n) is 5.29. The van der Waals surface area contributed by atoms with Crippen molar-refractivity contribution in [3.63, 3.8) is 0 Å². The van der Waals surface area contributed by atoms with E-state index in [1.165, 1.54) is 0 Å². The normalized spacial score (nSPS) is 14.3. The summed E-state index contributed by atoms with van der Waals surface area (Å²) in [5.74, 6) is 0. The van der Waals surface area contributed by atoms with Crippen molar-refractivity contribution < 1.29 is 0 Å². The number of benzene rings is 1. The molecule has 0 fully saturated rings. The Labute approximate surface area is 133 Å². The van der Waals surface area contributed by atoms with E-state index < -0.39 is 5.54 Å². The smallest absolute Gasteiger partial charge is 0.0766 e. The van der Waals surface area contributed by atoms with Crippen LogP contribution in [-0.4, -0.2) is 9.78 Å². The highest BCUT2D eigenvalue weighted by atomic mass is 79.9. The van der Waals surface area contributed by atoms with Gasteiger partial charge in [-0.1, -0.05) is 30.7 Å². The Morgan fingerprint density at radius 1 is 1.45 bits per heavy atom. The minimum absolute atomic E-state index is 0.494. The average Bonchev–Trinajstić information content (AvgIpc) is 2.66. The van der Waals surface area contributed by atoms with E-state index in [-0.39, 0.29) is 0 Å². The number of nitrogens with two attached hydrogens (primary N) is 1. The van der Waals surface area contributed by atoms with Crippen LogP contribution < -0.4 is 5.73 Å². The summed E-state index contributed by atoms with van der Waals surface area (Å²) in [7, 11) is 1.95. The quantitative estimate of drug-likeness (QED) is 0.905. The van der Waals surface area contributed by atoms with Crippen LogP contribution in [0, 0.1) is 0 Å². The van der Waals surface area contributed by atoms with Gasteiger partial charge >= 0.3 is 0 Å². The van der Waals surface area contributed by atoms with E-state index >= 15 is 0 Å². The molecule has 1 aromatic heterocycles. The van der Waals surface area contributed by atoms with Crippen LogP contribution in [0.5, 0.6) is 0 Å². The van der Waals surface area contributed by atoms with Crippen molar-refractivity contribution in [1.82, 2.24) is 9.78 Å². The second-order valence-corrected chi connectivity index (χ2v) is 6.52. The summed E-state index contributed by atoms with van der Waals surface area (Å²) in [6, 6.07) is 7.72. The number of hydrogen-bond acceptors (Lipinski definition) is 2. The molecule has 0 aliphatic carbocycles. The minimum atomic E-state index is -0.494. The van der Waals surface area contributed by atoms with Crippen molar-refractivity contribution in [2.24, 2.45) is 12.8 Å². The first-order valence-corrected chi connectivity index (χ1v) is 7.77. The molecule has 2 rings (SSSR count). The van der Waals surface area contributed by atoms with Crippen LogP contribution in [0.2, 0.25) is 5.02 Å². The molecule has 2 aromatic rings. The summed E-state index contributed by atoms with van der Waals surface area (Å²) in [4.78, 5) is 0. The third-order valence-corrected chi connectivity index (χ3v) is 4.67. The molecule has 0 spiro atoms. The first-order chi connectivity index (χ1) is 9.35. The van der Waals surface area contributed by atoms with Crippen LogP contribution in [-0.2, 0) is 25.4 Å². The molecule has 0 saturated carbocycles. The molecule has 0 aliphatic rings. The molecule has 2 N–H and O–H groups in total. The van der Waals surface area contributed by atoms with Gasteiger partial charge in [0.05, 0.1) is 15.9 Å². The maximum absolute atomic E-state index is 6.51. The van der Waals surface area contributed by atoms with Crippen molar-refractivity contribution in [1.29, 1.82) is 0 Å². The van der Waals surface area contributed by atoms with E-state index in [4.69, 9.17) is 17.3 Å². The number of rotatable bonds is 4. The zero-order valence-electron chi connectivity index (χ0n) is 12.0. The fraction of sp³-hybridized carbons (Fsp3) is 0.400. The Hall–Kier alpha value is -0.840. The molecule has 5 heteroatoms. The van der Waals surface area contributed by atoms with E-state index in [0.29, 0.717) is 11.4 Å². The zero-order chi connectivity index (χ0) is 14.9. The Bertz CT molecular complexity index is 620. The van der Waals surface area contributed by atoms with Crippen LogP contribution in [0.15, 0.2) is 28.7 Å². The van der Waals surface area contributed by atoms with E-state index in [1.54, 1.807) is 0 Å². The number of aryl methyl sites for hydroxylation is 2. The number of nitrogens with zero attached hydrogens (tertiary/aromatic N) is 2. The Balaban J connectivity index is 2.35. The topological polar surface area (TPSA) is 43.8 Å². The number of hydrogen-bond donors (Lipinski definition) is 1. The molecule has 20 heavy (non-hydrogen) atoms. The van der Waals surface area contributed by atoms with Gasteiger partial charge in [0.2, 0.25) is 0 Å². The lowest BCUT2D eigenvalue weighted by Crippen LogP contribution is -2.36. The summed E-state index contributed by atoms with van der Waals surface area (Å²) in [5, 5.41) is 5.22. The molecule has 1 unspecified atom stereocenters. The number of aromatic nitrogens is 2. The van der Waals surface area contributed by atoms with Crippen LogP contribution in [0.25, 0.3) is 0 Å². The molecule has 0 aliphatic heterocycles. The SMILES string of the molecule is CCc1nn(C)c(CC(C)(N)c2cccc(Cl)c2)c1Br. The molecular weight excluding hydrogens is 338 g/mol. The zero-order valence-corrected chi connectivity index (χ0v) is 14.3. The van der Waals surface area contributed by atoms with Gasteiger partial charge in [-0.05, 0) is 47.0 Å². The van der Waals surface area contributed by atoms with Crippen LogP contribution in [0.1, 0.15) is 30.8 Å². The molecule has 1 heterocycles. The van der Waals surface area contributed by atoms with Gasteiger partial charge in [0.15, 0.2) is 0 Å². The molecule has 3 nitrogen and oxygen atoms in total. The summed E-state index contributed by atoms with van der Waals surface area (Å²) in [5.41, 5.74) is 9.20. The lowest BCUT2D eigenvalue weighted by molar-refractivity contribution is 0.471. The monoisotopic (exact) mass is 355 g/mol. The molecular formula is C15H19BrClN3. The van der Waals surface area contributed by atoms with Crippen molar-refractivity contribution in [3.8, 4) is 0 Å². The van der Waals surface area contributed by atoms with E-state index in [2.05, 4.69) is 28.0 Å². The molecule has 0 amide bonds. The summed E-state index contributed by atoms with van der Waals surface area (Å²) in [6.45, 7) is 4.11. The van der Waals surface area contributed by atoms with Crippen molar-refractivity contribution >= 4 is 27.5 Å². The molecule has 108 valence electrons. The van der Waals surface area contributed by atoms with Gasteiger partial charge in [0, 0.05) is 24.0 Å². The van der Waals surface area contributed by atoms with Crippen LogP contribution in [0.4, 0.5) is 0 Å². The predicted octanol–water partition coefficient (Wildman–Crippen LogP) is 3.82. The third kappa shape index (κ3) is 3.08. The fourth-order valence-corrected chi connectivity index (χ4v) is 3.25. The van der Waals surface area contributed by atoms with Gasteiger partial charge < -0.3 is 5.73 Å². The van der Waals surface area contributed by atoms with E-state index in [0.717, 1.165) is 27.8 Å². The van der Waals surface area contributed by atoms with Gasteiger partial charge in [-0.3, -0.25) is 4.68 Å². The average molecular weight is 357 g/mol. The van der Waals surface area contributed by atoms with Crippen molar-refractivity contribution in [2.75, 3.05) is 0 Å². The highest BCUT2D eigenvalue weighted by Gasteiger charge is 2.26. The Morgan fingerprint density at radius 3 is 2.70 bits per heavy atom. The fourth-order valence-electron chi connectivity index (χ4n) is 2.31. The highest BCUT2D eigenvalue weighted by Crippen LogP contribution is 2.29. The van der Waals surface area contributed by atoms with E-state index in [9.17, 15) is 0 Å². The number of halogens is 2. The van der Waals surface area contributed by atoms with Crippen molar-refractivity contribution in [3.05, 3.63) is 50.7 Å². The summed E-state index contributed by atoms with van der Waals surface area (Å²) in [6.07, 6.45) is 1.59. The Morgan fingerprint density at radius 2 is 2.15 bits per heavy atom. The van der Waals surface area contributed by atoms with E-state index in [1.807, 2.05) is 42.9 Å². The predicted molar refractivity (Wildman–Crippen MR) is 87.0 cm³/mol. The lowest BCUT2D eigenvalue weighted by Gasteiger charge is -2.25. The van der Waals surface area contributed by atoms with Crippen LogP contribution in [0.3, 0.4) is 0 Å².